The molecular weight excluding hydrogens is 400 g/mol. The molecule has 2 aliphatic heterocycles. The molecule has 0 aromatic carbocycles. The molecular formula is C23H40O6Si. The Bertz CT molecular complexity index is 692. The van der Waals surface area contributed by atoms with Gasteiger partial charge in [0.05, 0.1) is 24.7 Å². The van der Waals surface area contributed by atoms with Crippen LogP contribution in [0.15, 0.2) is 11.8 Å². The quantitative estimate of drug-likeness (QED) is 0.450. The molecule has 0 aliphatic carbocycles. The molecule has 2 aliphatic rings. The van der Waals surface area contributed by atoms with Gasteiger partial charge in [-0.05, 0) is 37.9 Å². The van der Waals surface area contributed by atoms with Crippen molar-refractivity contribution in [1.29, 1.82) is 0 Å². The van der Waals surface area contributed by atoms with Crippen molar-refractivity contribution in [3.63, 3.8) is 0 Å². The van der Waals surface area contributed by atoms with Crippen LogP contribution in [0.3, 0.4) is 0 Å². The molecule has 1 fully saturated rings. The molecule has 1 spiro atoms. The fourth-order valence-electron chi connectivity index (χ4n) is 3.93. The third-order valence-corrected chi connectivity index (χ3v) is 11.5. The van der Waals surface area contributed by atoms with Gasteiger partial charge in [-0.1, -0.05) is 41.5 Å². The number of esters is 1. The van der Waals surface area contributed by atoms with E-state index in [1.165, 1.54) is 6.08 Å². The zero-order valence-corrected chi connectivity index (χ0v) is 21.3. The predicted octanol–water partition coefficient (Wildman–Crippen LogP) is 4.84. The van der Waals surface area contributed by atoms with Gasteiger partial charge in [-0.2, -0.15) is 0 Å². The monoisotopic (exact) mass is 440 g/mol. The number of ketones is 1. The third kappa shape index (κ3) is 4.83. The van der Waals surface area contributed by atoms with Crippen LogP contribution in [-0.4, -0.2) is 44.7 Å². The maximum absolute atomic E-state index is 12.8. The Hall–Kier alpha value is -1.18. The van der Waals surface area contributed by atoms with E-state index in [4.69, 9.17) is 18.6 Å². The predicted molar refractivity (Wildman–Crippen MR) is 118 cm³/mol. The van der Waals surface area contributed by atoms with Gasteiger partial charge >= 0.3 is 5.97 Å². The van der Waals surface area contributed by atoms with E-state index < -0.39 is 26.0 Å². The van der Waals surface area contributed by atoms with E-state index in [2.05, 4.69) is 54.6 Å². The molecule has 7 heteroatoms. The van der Waals surface area contributed by atoms with Gasteiger partial charge in [0.1, 0.15) is 0 Å². The summed E-state index contributed by atoms with van der Waals surface area (Å²) in [7, 11) is -2.07. The lowest BCUT2D eigenvalue weighted by Crippen LogP contribution is -2.61. The molecule has 30 heavy (non-hydrogen) atoms. The van der Waals surface area contributed by atoms with Crippen LogP contribution in [0.5, 0.6) is 0 Å². The lowest BCUT2D eigenvalue weighted by Gasteiger charge is -2.53. The molecule has 0 N–H and O–H groups in total. The summed E-state index contributed by atoms with van der Waals surface area (Å²) in [6.45, 7) is 21.2. The van der Waals surface area contributed by atoms with Crippen LogP contribution in [0, 0.1) is 17.8 Å². The fraction of sp³-hybridized carbons (Fsp3) is 0.826. The van der Waals surface area contributed by atoms with E-state index in [1.54, 1.807) is 13.8 Å². The Morgan fingerprint density at radius 1 is 1.30 bits per heavy atom. The van der Waals surface area contributed by atoms with Crippen LogP contribution in [0.1, 0.15) is 61.8 Å². The number of hydrogen-bond acceptors (Lipinski definition) is 6. The maximum Gasteiger partial charge on any atom is 0.373 e. The van der Waals surface area contributed by atoms with Crippen LogP contribution >= 0.6 is 0 Å². The first-order chi connectivity index (χ1) is 13.6. The zero-order chi connectivity index (χ0) is 23.1. The van der Waals surface area contributed by atoms with E-state index in [1.807, 2.05) is 0 Å². The first-order valence-corrected chi connectivity index (χ1v) is 14.0. The van der Waals surface area contributed by atoms with E-state index in [-0.39, 0.29) is 47.2 Å². The third-order valence-electron chi connectivity index (χ3n) is 6.95. The second-order valence-corrected chi connectivity index (χ2v) is 15.3. The van der Waals surface area contributed by atoms with Crippen molar-refractivity contribution in [3.05, 3.63) is 11.8 Å². The van der Waals surface area contributed by atoms with Gasteiger partial charge in [-0.15, -0.1) is 0 Å². The van der Waals surface area contributed by atoms with Crippen molar-refractivity contribution in [2.45, 2.75) is 97.9 Å². The van der Waals surface area contributed by atoms with Gasteiger partial charge in [-0.25, -0.2) is 4.79 Å². The molecule has 0 radical (unpaired) electrons. The maximum atomic E-state index is 12.8. The number of carbonyl (C=O) groups is 2. The highest BCUT2D eigenvalue weighted by Crippen LogP contribution is 2.48. The topological polar surface area (TPSA) is 71.1 Å². The molecule has 0 aromatic rings. The molecule has 0 bridgehead atoms. The first kappa shape index (κ1) is 25.1. The molecule has 6 nitrogen and oxygen atoms in total. The summed E-state index contributed by atoms with van der Waals surface area (Å²) in [5, 5.41) is 0.0520. The van der Waals surface area contributed by atoms with Gasteiger partial charge in [0.2, 0.25) is 11.5 Å². The van der Waals surface area contributed by atoms with Crippen LogP contribution in [0.25, 0.3) is 0 Å². The zero-order valence-electron chi connectivity index (χ0n) is 20.3. The van der Waals surface area contributed by atoms with Crippen LogP contribution in [0.2, 0.25) is 18.1 Å². The number of carbonyl (C=O) groups excluding carboxylic acids is 2. The van der Waals surface area contributed by atoms with E-state index in [9.17, 15) is 9.59 Å². The van der Waals surface area contributed by atoms with E-state index in [0.717, 1.165) is 0 Å². The van der Waals surface area contributed by atoms with Crippen molar-refractivity contribution < 1.29 is 28.2 Å². The lowest BCUT2D eigenvalue weighted by molar-refractivity contribution is -0.318. The SMILES string of the molecule is CCOC(=O)C1=CC(=O)C(C)C2(CC(O[Si](C)(C)C(C)(C)C)C(C)C(C(C)C)O2)O1. The summed E-state index contributed by atoms with van der Waals surface area (Å²) < 4.78 is 24.6. The summed E-state index contributed by atoms with van der Waals surface area (Å²) in [4.78, 5) is 25.2. The summed E-state index contributed by atoms with van der Waals surface area (Å²) >= 11 is 0. The Labute approximate surface area is 182 Å². The van der Waals surface area contributed by atoms with Gasteiger partial charge in [0, 0.05) is 18.4 Å². The Balaban J connectivity index is 2.44. The highest BCUT2D eigenvalue weighted by atomic mass is 28.4. The molecule has 2 rings (SSSR count). The van der Waals surface area contributed by atoms with Crippen molar-refractivity contribution in [3.8, 4) is 0 Å². The summed E-state index contributed by atoms with van der Waals surface area (Å²) in [6, 6.07) is 0. The molecule has 5 atom stereocenters. The average molecular weight is 441 g/mol. The molecule has 2 heterocycles. The first-order valence-electron chi connectivity index (χ1n) is 11.1. The van der Waals surface area contributed by atoms with Gasteiger partial charge in [-0.3, -0.25) is 4.79 Å². The second kappa shape index (κ2) is 8.75. The largest absolute Gasteiger partial charge is 0.460 e. The second-order valence-electron chi connectivity index (χ2n) is 10.6. The molecule has 0 amide bonds. The highest BCUT2D eigenvalue weighted by molar-refractivity contribution is 6.74. The molecule has 5 unspecified atom stereocenters. The number of hydrogen-bond donors (Lipinski definition) is 0. The van der Waals surface area contributed by atoms with Crippen LogP contribution in [-0.2, 0) is 28.2 Å². The van der Waals surface area contributed by atoms with Crippen molar-refractivity contribution in [2.75, 3.05) is 6.61 Å². The van der Waals surface area contributed by atoms with Crippen LogP contribution in [0.4, 0.5) is 0 Å². The van der Waals surface area contributed by atoms with E-state index >= 15 is 0 Å². The molecule has 172 valence electrons. The highest BCUT2D eigenvalue weighted by Gasteiger charge is 2.57. The molecule has 1 saturated heterocycles. The average Bonchev–Trinajstić information content (AvgIpc) is 2.61. The van der Waals surface area contributed by atoms with Crippen molar-refractivity contribution in [1.82, 2.24) is 0 Å². The summed E-state index contributed by atoms with van der Waals surface area (Å²) in [6.07, 6.45) is 1.34. The van der Waals surface area contributed by atoms with Gasteiger partial charge in [0.15, 0.2) is 14.1 Å². The fourth-order valence-corrected chi connectivity index (χ4v) is 5.34. The minimum Gasteiger partial charge on any atom is -0.460 e. The molecule has 0 saturated carbocycles. The van der Waals surface area contributed by atoms with Gasteiger partial charge < -0.3 is 18.6 Å². The normalized spacial score (nSPS) is 32.8. The smallest absolute Gasteiger partial charge is 0.373 e. The van der Waals surface area contributed by atoms with Crippen molar-refractivity contribution in [2.24, 2.45) is 17.8 Å². The van der Waals surface area contributed by atoms with E-state index in [0.29, 0.717) is 6.42 Å². The minimum absolute atomic E-state index is 0.0520. The standard InChI is InChI=1S/C23H40O6Si/c1-11-26-21(25)18-12-17(24)16(5)23(27-18)13-19(15(4)20(28-23)14(2)3)29-30(9,10)22(6,7)8/h12,14-16,19-20H,11,13H2,1-10H3. The van der Waals surface area contributed by atoms with Gasteiger partial charge in [0.25, 0.3) is 0 Å². The Kier molecular flexibility index (Phi) is 7.31. The lowest BCUT2D eigenvalue weighted by atomic mass is 9.78. The number of ether oxygens (including phenoxy) is 3. The van der Waals surface area contributed by atoms with Crippen molar-refractivity contribution >= 4 is 20.1 Å². The number of rotatable bonds is 5. The Morgan fingerprint density at radius 3 is 2.40 bits per heavy atom. The summed E-state index contributed by atoms with van der Waals surface area (Å²) in [5.74, 6) is -2.35. The molecule has 0 aromatic heterocycles. The minimum atomic E-state index is -2.07. The van der Waals surface area contributed by atoms with Crippen LogP contribution < -0.4 is 0 Å². The number of allylic oxidation sites excluding steroid dienone is 1. The summed E-state index contributed by atoms with van der Waals surface area (Å²) in [5.41, 5.74) is 0. The Morgan fingerprint density at radius 2 is 1.90 bits per heavy atom.